The molecule has 3 heterocycles. The molecule has 3 N–H and O–H groups in total. The third-order valence-corrected chi connectivity index (χ3v) is 5.06. The lowest BCUT2D eigenvalue weighted by molar-refractivity contribution is 0.0592. The van der Waals surface area contributed by atoms with Crippen molar-refractivity contribution in [2.45, 2.75) is 18.8 Å². The molecule has 2 aromatic heterocycles. The van der Waals surface area contributed by atoms with Crippen molar-refractivity contribution in [3.8, 4) is 0 Å². The quantitative estimate of drug-likeness (QED) is 0.721. The molecule has 120 valence electrons. The van der Waals surface area contributed by atoms with Gasteiger partial charge in [-0.15, -0.1) is 11.6 Å². The SMILES string of the molecule is Nc1nc2ccccc2c2[nH]c(C(CCl)C3CCOCC3)nc12. The van der Waals surface area contributed by atoms with Gasteiger partial charge in [0.05, 0.1) is 11.0 Å². The Morgan fingerprint density at radius 3 is 2.83 bits per heavy atom. The highest BCUT2D eigenvalue weighted by atomic mass is 35.5. The maximum atomic E-state index is 6.27. The van der Waals surface area contributed by atoms with Crippen molar-refractivity contribution in [3.63, 3.8) is 0 Å². The van der Waals surface area contributed by atoms with Crippen molar-refractivity contribution in [2.75, 3.05) is 24.8 Å². The van der Waals surface area contributed by atoms with Crippen LogP contribution in [0.4, 0.5) is 5.82 Å². The second-order valence-electron chi connectivity index (χ2n) is 6.07. The Hall–Kier alpha value is -1.85. The summed E-state index contributed by atoms with van der Waals surface area (Å²) in [6.45, 7) is 1.59. The fourth-order valence-corrected chi connectivity index (χ4v) is 3.85. The van der Waals surface area contributed by atoms with Gasteiger partial charge in [0.15, 0.2) is 5.82 Å². The first-order chi connectivity index (χ1) is 11.3. The van der Waals surface area contributed by atoms with Gasteiger partial charge in [-0.25, -0.2) is 9.97 Å². The highest BCUT2D eigenvalue weighted by Gasteiger charge is 2.28. The number of nitrogens with one attached hydrogen (secondary N) is 1. The fraction of sp³-hybridized carbons (Fsp3) is 0.412. The third kappa shape index (κ3) is 2.54. The molecular weight excluding hydrogens is 312 g/mol. The molecule has 1 aromatic carbocycles. The van der Waals surface area contributed by atoms with Crippen LogP contribution in [0.1, 0.15) is 24.6 Å². The molecule has 1 aliphatic rings. The van der Waals surface area contributed by atoms with E-state index in [9.17, 15) is 0 Å². The molecule has 23 heavy (non-hydrogen) atoms. The highest BCUT2D eigenvalue weighted by molar-refractivity contribution is 6.18. The molecule has 5 nitrogen and oxygen atoms in total. The number of rotatable bonds is 3. The average Bonchev–Trinajstić information content (AvgIpc) is 3.03. The lowest BCUT2D eigenvalue weighted by atomic mass is 9.87. The molecule has 1 unspecified atom stereocenters. The standard InChI is InChI=1S/C17H19ClN4O/c18-9-12(10-5-7-23-8-6-10)17-21-14-11-3-1-2-4-13(11)20-16(19)15(14)22-17/h1-4,10,12H,5-9H2,(H2,19,20)(H,21,22). The van der Waals surface area contributed by atoms with Crippen molar-refractivity contribution >= 4 is 39.4 Å². The third-order valence-electron chi connectivity index (χ3n) is 4.73. The van der Waals surface area contributed by atoms with Gasteiger partial charge in [-0.1, -0.05) is 18.2 Å². The molecular formula is C17H19ClN4O. The van der Waals surface area contributed by atoms with Gasteiger partial charge in [0.1, 0.15) is 11.3 Å². The molecule has 6 heteroatoms. The van der Waals surface area contributed by atoms with Crippen LogP contribution in [0.25, 0.3) is 21.9 Å². The van der Waals surface area contributed by atoms with E-state index in [1.54, 1.807) is 0 Å². The minimum absolute atomic E-state index is 0.186. The molecule has 3 aromatic rings. The smallest absolute Gasteiger partial charge is 0.152 e. The topological polar surface area (TPSA) is 76.8 Å². The zero-order valence-corrected chi connectivity index (χ0v) is 13.5. The first-order valence-electron chi connectivity index (χ1n) is 7.95. The number of anilines is 1. The predicted octanol–water partition coefficient (Wildman–Crippen LogP) is 3.44. The molecule has 0 aliphatic carbocycles. The van der Waals surface area contributed by atoms with E-state index in [4.69, 9.17) is 27.1 Å². The van der Waals surface area contributed by atoms with Gasteiger partial charge in [-0.3, -0.25) is 0 Å². The normalized spacial score (nSPS) is 17.8. The Morgan fingerprint density at radius 2 is 2.04 bits per heavy atom. The molecule has 1 saturated heterocycles. The van der Waals surface area contributed by atoms with Crippen LogP contribution in [0.3, 0.4) is 0 Å². The van der Waals surface area contributed by atoms with E-state index >= 15 is 0 Å². The highest BCUT2D eigenvalue weighted by Crippen LogP contribution is 2.34. The van der Waals surface area contributed by atoms with E-state index in [2.05, 4.69) is 9.97 Å². The van der Waals surface area contributed by atoms with Crippen LogP contribution < -0.4 is 5.73 Å². The first kappa shape index (κ1) is 14.7. The molecule has 0 radical (unpaired) electrons. The van der Waals surface area contributed by atoms with Gasteiger partial charge in [0, 0.05) is 30.4 Å². The maximum Gasteiger partial charge on any atom is 0.152 e. The summed E-state index contributed by atoms with van der Waals surface area (Å²) in [5.74, 6) is 2.58. The van der Waals surface area contributed by atoms with E-state index in [0.29, 0.717) is 17.6 Å². The predicted molar refractivity (Wildman–Crippen MR) is 92.8 cm³/mol. The van der Waals surface area contributed by atoms with Crippen LogP contribution in [0, 0.1) is 5.92 Å². The zero-order chi connectivity index (χ0) is 15.8. The molecule has 1 fully saturated rings. The number of aromatic amines is 1. The number of para-hydroxylation sites is 1. The summed E-state index contributed by atoms with van der Waals surface area (Å²) < 4.78 is 5.46. The molecule has 1 atom stereocenters. The zero-order valence-electron chi connectivity index (χ0n) is 12.8. The number of imidazole rings is 1. The fourth-order valence-electron chi connectivity index (χ4n) is 3.45. The van der Waals surface area contributed by atoms with E-state index in [-0.39, 0.29) is 5.92 Å². The summed E-state index contributed by atoms with van der Waals surface area (Å²) in [6.07, 6.45) is 2.03. The van der Waals surface area contributed by atoms with E-state index < -0.39 is 0 Å². The minimum Gasteiger partial charge on any atom is -0.382 e. The number of aromatic nitrogens is 3. The summed E-state index contributed by atoms with van der Waals surface area (Å²) in [5, 5.41) is 1.04. The Bertz CT molecular complexity index is 841. The Labute approximate surface area is 139 Å². The van der Waals surface area contributed by atoms with Gasteiger partial charge in [-0.05, 0) is 24.8 Å². The van der Waals surface area contributed by atoms with Gasteiger partial charge in [-0.2, -0.15) is 0 Å². The molecule has 1 aliphatic heterocycles. The summed E-state index contributed by atoms with van der Waals surface area (Å²) in [6, 6.07) is 7.96. The number of hydrogen-bond donors (Lipinski definition) is 2. The molecule has 0 bridgehead atoms. The monoisotopic (exact) mass is 330 g/mol. The van der Waals surface area contributed by atoms with Crippen LogP contribution in [-0.4, -0.2) is 34.0 Å². The van der Waals surface area contributed by atoms with Crippen molar-refractivity contribution in [1.29, 1.82) is 0 Å². The van der Waals surface area contributed by atoms with Crippen molar-refractivity contribution < 1.29 is 4.74 Å². The number of H-pyrrole nitrogens is 1. The maximum absolute atomic E-state index is 6.27. The number of halogens is 1. The Morgan fingerprint density at radius 1 is 1.26 bits per heavy atom. The number of benzene rings is 1. The second-order valence-corrected chi connectivity index (χ2v) is 6.38. The van der Waals surface area contributed by atoms with Crippen LogP contribution >= 0.6 is 11.6 Å². The summed E-state index contributed by atoms with van der Waals surface area (Å²) in [7, 11) is 0. The number of ether oxygens (including phenoxy) is 1. The van der Waals surface area contributed by atoms with E-state index in [1.807, 2.05) is 24.3 Å². The lowest BCUT2D eigenvalue weighted by Crippen LogP contribution is -2.23. The number of nitrogens with zero attached hydrogens (tertiary/aromatic N) is 2. The minimum atomic E-state index is 0.186. The van der Waals surface area contributed by atoms with Crippen molar-refractivity contribution in [2.24, 2.45) is 5.92 Å². The van der Waals surface area contributed by atoms with Crippen LogP contribution in [-0.2, 0) is 4.74 Å². The molecule has 0 saturated carbocycles. The van der Waals surface area contributed by atoms with Crippen LogP contribution in [0.5, 0.6) is 0 Å². The average molecular weight is 331 g/mol. The second kappa shape index (κ2) is 5.98. The van der Waals surface area contributed by atoms with Crippen LogP contribution in [0.2, 0.25) is 0 Å². The van der Waals surface area contributed by atoms with Gasteiger partial charge >= 0.3 is 0 Å². The van der Waals surface area contributed by atoms with Gasteiger partial charge in [0.25, 0.3) is 0 Å². The first-order valence-corrected chi connectivity index (χ1v) is 8.49. The number of pyridine rings is 1. The lowest BCUT2D eigenvalue weighted by Gasteiger charge is -2.27. The summed E-state index contributed by atoms with van der Waals surface area (Å²) in [5.41, 5.74) is 8.67. The summed E-state index contributed by atoms with van der Waals surface area (Å²) in [4.78, 5) is 12.7. The summed E-state index contributed by atoms with van der Waals surface area (Å²) >= 11 is 6.27. The van der Waals surface area contributed by atoms with E-state index in [1.165, 1.54) is 0 Å². The number of fused-ring (bicyclic) bond motifs is 3. The van der Waals surface area contributed by atoms with Crippen molar-refractivity contribution in [3.05, 3.63) is 30.1 Å². The Balaban J connectivity index is 1.84. The number of nitrogens with two attached hydrogens (primary N) is 1. The number of hydrogen-bond acceptors (Lipinski definition) is 4. The van der Waals surface area contributed by atoms with Gasteiger partial charge < -0.3 is 15.5 Å². The molecule has 4 rings (SSSR count). The number of nitrogen functional groups attached to an aromatic ring is 1. The molecule has 0 spiro atoms. The Kier molecular flexibility index (Phi) is 3.83. The largest absolute Gasteiger partial charge is 0.382 e. The van der Waals surface area contributed by atoms with Crippen LogP contribution in [0.15, 0.2) is 24.3 Å². The van der Waals surface area contributed by atoms with E-state index in [0.717, 1.165) is 53.8 Å². The van der Waals surface area contributed by atoms with Crippen molar-refractivity contribution in [1.82, 2.24) is 15.0 Å². The van der Waals surface area contributed by atoms with Gasteiger partial charge in [0.2, 0.25) is 0 Å². The molecule has 0 amide bonds. The number of alkyl halides is 1.